The van der Waals surface area contributed by atoms with Crippen molar-refractivity contribution < 1.29 is 14.4 Å². The first-order valence-electron chi connectivity index (χ1n) is 8.67. The summed E-state index contributed by atoms with van der Waals surface area (Å²) in [4.78, 5) is 42.9. The highest BCUT2D eigenvalue weighted by Crippen LogP contribution is 2.29. The van der Waals surface area contributed by atoms with Crippen molar-refractivity contribution in [2.24, 2.45) is 5.92 Å². The highest BCUT2D eigenvalue weighted by molar-refractivity contribution is 7.13. The van der Waals surface area contributed by atoms with Gasteiger partial charge in [-0.15, -0.1) is 11.3 Å². The maximum absolute atomic E-state index is 12.9. The maximum atomic E-state index is 12.9. The van der Waals surface area contributed by atoms with Gasteiger partial charge in [0.15, 0.2) is 5.13 Å². The number of thiazole rings is 1. The van der Waals surface area contributed by atoms with Gasteiger partial charge in [0.25, 0.3) is 0 Å². The number of nitrogens with zero attached hydrogens (tertiary/aromatic N) is 2. The smallest absolute Gasteiger partial charge is 0.323 e. The highest BCUT2D eigenvalue weighted by Gasteiger charge is 2.32. The van der Waals surface area contributed by atoms with Gasteiger partial charge in [0, 0.05) is 11.6 Å². The summed E-state index contributed by atoms with van der Waals surface area (Å²) in [7, 11) is 0. The van der Waals surface area contributed by atoms with Crippen molar-refractivity contribution >= 4 is 45.7 Å². The van der Waals surface area contributed by atoms with Gasteiger partial charge in [0.05, 0.1) is 11.4 Å². The van der Waals surface area contributed by atoms with E-state index in [1.165, 1.54) is 16.2 Å². The summed E-state index contributed by atoms with van der Waals surface area (Å²) in [5, 5.41) is 10.5. The second-order valence-corrected chi connectivity index (χ2v) is 7.19. The fraction of sp³-hybridized carbons (Fsp3) is 0.333. The molecule has 2 aromatic rings. The number of para-hydroxylation sites is 2. The summed E-state index contributed by atoms with van der Waals surface area (Å²) in [6.45, 7) is 3.73. The SMILES string of the molecule is CCC(C)[C@H](NC(=O)N1CC(=O)Nc2ccccc21)C(=O)Nc1nccs1. The van der Waals surface area contributed by atoms with E-state index < -0.39 is 12.1 Å². The number of carbonyl (C=O) groups excluding carboxylic acids is 3. The Balaban J connectivity index is 1.78. The van der Waals surface area contributed by atoms with Crippen LogP contribution in [0.15, 0.2) is 35.8 Å². The predicted molar refractivity (Wildman–Crippen MR) is 105 cm³/mol. The van der Waals surface area contributed by atoms with Gasteiger partial charge in [0.2, 0.25) is 11.8 Å². The highest BCUT2D eigenvalue weighted by atomic mass is 32.1. The molecular formula is C18H21N5O3S. The van der Waals surface area contributed by atoms with E-state index in [9.17, 15) is 14.4 Å². The largest absolute Gasteiger partial charge is 0.326 e. The first-order chi connectivity index (χ1) is 13.0. The molecule has 142 valence electrons. The molecule has 27 heavy (non-hydrogen) atoms. The zero-order valence-electron chi connectivity index (χ0n) is 15.1. The molecule has 8 nitrogen and oxygen atoms in total. The number of aromatic nitrogens is 1. The number of fused-ring (bicyclic) bond motifs is 1. The molecule has 4 amide bonds. The van der Waals surface area contributed by atoms with Crippen molar-refractivity contribution in [2.45, 2.75) is 26.3 Å². The fourth-order valence-corrected chi connectivity index (χ4v) is 3.33. The van der Waals surface area contributed by atoms with Crippen molar-refractivity contribution in [1.29, 1.82) is 0 Å². The summed E-state index contributed by atoms with van der Waals surface area (Å²) in [6, 6.07) is 5.82. The Morgan fingerprint density at radius 1 is 1.37 bits per heavy atom. The van der Waals surface area contributed by atoms with E-state index in [1.54, 1.807) is 35.8 Å². The lowest BCUT2D eigenvalue weighted by atomic mass is 9.98. The Bertz CT molecular complexity index is 839. The lowest BCUT2D eigenvalue weighted by Crippen LogP contribution is -2.54. The Labute approximate surface area is 161 Å². The summed E-state index contributed by atoms with van der Waals surface area (Å²) in [5.41, 5.74) is 1.16. The van der Waals surface area contributed by atoms with Crippen LogP contribution in [-0.2, 0) is 9.59 Å². The first-order valence-corrected chi connectivity index (χ1v) is 9.54. The summed E-state index contributed by atoms with van der Waals surface area (Å²) in [6.07, 6.45) is 2.30. The molecule has 1 aliphatic heterocycles. The zero-order chi connectivity index (χ0) is 19.4. The van der Waals surface area contributed by atoms with Crippen LogP contribution in [0.5, 0.6) is 0 Å². The summed E-state index contributed by atoms with van der Waals surface area (Å²) >= 11 is 1.31. The van der Waals surface area contributed by atoms with Crippen LogP contribution in [0.4, 0.5) is 21.3 Å². The summed E-state index contributed by atoms with van der Waals surface area (Å²) < 4.78 is 0. The maximum Gasteiger partial charge on any atom is 0.323 e. The van der Waals surface area contributed by atoms with Crippen LogP contribution in [-0.4, -0.2) is 35.4 Å². The minimum absolute atomic E-state index is 0.0947. The number of urea groups is 1. The number of rotatable bonds is 5. The van der Waals surface area contributed by atoms with E-state index in [-0.39, 0.29) is 24.3 Å². The molecule has 0 radical (unpaired) electrons. The van der Waals surface area contributed by atoms with Gasteiger partial charge in [0.1, 0.15) is 12.6 Å². The average Bonchev–Trinajstić information content (AvgIpc) is 3.17. The van der Waals surface area contributed by atoms with Gasteiger partial charge in [-0.3, -0.25) is 14.5 Å². The van der Waals surface area contributed by atoms with E-state index >= 15 is 0 Å². The topological polar surface area (TPSA) is 103 Å². The monoisotopic (exact) mass is 387 g/mol. The number of hydrogen-bond donors (Lipinski definition) is 3. The van der Waals surface area contributed by atoms with Crippen LogP contribution >= 0.6 is 11.3 Å². The second kappa shape index (κ2) is 8.17. The van der Waals surface area contributed by atoms with Gasteiger partial charge < -0.3 is 16.0 Å². The van der Waals surface area contributed by atoms with E-state index in [1.807, 2.05) is 13.8 Å². The Morgan fingerprint density at radius 3 is 2.85 bits per heavy atom. The zero-order valence-corrected chi connectivity index (χ0v) is 15.9. The lowest BCUT2D eigenvalue weighted by molar-refractivity contribution is -0.119. The molecule has 2 heterocycles. The van der Waals surface area contributed by atoms with E-state index in [0.29, 0.717) is 22.9 Å². The Hall–Kier alpha value is -2.94. The number of nitrogens with one attached hydrogen (secondary N) is 3. The van der Waals surface area contributed by atoms with E-state index in [0.717, 1.165) is 0 Å². The molecule has 0 saturated carbocycles. The number of anilines is 3. The minimum Gasteiger partial charge on any atom is -0.326 e. The van der Waals surface area contributed by atoms with Crippen LogP contribution in [0.25, 0.3) is 0 Å². The molecular weight excluding hydrogens is 366 g/mol. The van der Waals surface area contributed by atoms with Crippen LogP contribution in [0, 0.1) is 5.92 Å². The molecule has 2 atom stereocenters. The number of amides is 4. The Morgan fingerprint density at radius 2 is 2.15 bits per heavy atom. The molecule has 0 bridgehead atoms. The van der Waals surface area contributed by atoms with Gasteiger partial charge in [-0.05, 0) is 18.1 Å². The molecule has 3 rings (SSSR count). The van der Waals surface area contributed by atoms with Crippen molar-refractivity contribution in [1.82, 2.24) is 10.3 Å². The van der Waals surface area contributed by atoms with Crippen molar-refractivity contribution in [3.05, 3.63) is 35.8 Å². The molecule has 0 spiro atoms. The standard InChI is InChI=1S/C18H21N5O3S/c1-3-11(2)15(16(25)22-17-19-8-9-27-17)21-18(26)23-10-14(24)20-12-6-4-5-7-13(12)23/h4-9,11,15H,3,10H2,1-2H3,(H,20,24)(H,21,26)(H,19,22,25)/t11?,15-/m0/s1. The average molecular weight is 387 g/mol. The van der Waals surface area contributed by atoms with Crippen LogP contribution in [0.1, 0.15) is 20.3 Å². The number of hydrogen-bond acceptors (Lipinski definition) is 5. The Kier molecular flexibility index (Phi) is 5.70. The predicted octanol–water partition coefficient (Wildman–Crippen LogP) is 2.66. The van der Waals surface area contributed by atoms with E-state index in [4.69, 9.17) is 0 Å². The van der Waals surface area contributed by atoms with Crippen molar-refractivity contribution in [3.8, 4) is 0 Å². The van der Waals surface area contributed by atoms with Crippen molar-refractivity contribution in [3.63, 3.8) is 0 Å². The minimum atomic E-state index is -0.747. The van der Waals surface area contributed by atoms with Gasteiger partial charge in [-0.1, -0.05) is 32.4 Å². The van der Waals surface area contributed by atoms with Crippen molar-refractivity contribution in [2.75, 3.05) is 22.1 Å². The molecule has 1 aliphatic rings. The third-order valence-electron chi connectivity index (χ3n) is 4.45. The summed E-state index contributed by atoms with van der Waals surface area (Å²) in [5.74, 6) is -0.707. The van der Waals surface area contributed by atoms with Crippen LogP contribution in [0.2, 0.25) is 0 Å². The molecule has 1 aromatic carbocycles. The third-order valence-corrected chi connectivity index (χ3v) is 5.14. The van der Waals surface area contributed by atoms with Gasteiger partial charge >= 0.3 is 6.03 Å². The second-order valence-electron chi connectivity index (χ2n) is 6.29. The van der Waals surface area contributed by atoms with E-state index in [2.05, 4.69) is 20.9 Å². The molecule has 3 N–H and O–H groups in total. The lowest BCUT2D eigenvalue weighted by Gasteiger charge is -2.31. The molecule has 0 aliphatic carbocycles. The number of benzene rings is 1. The first kappa shape index (κ1) is 18.8. The molecule has 0 saturated heterocycles. The third kappa shape index (κ3) is 4.25. The molecule has 9 heteroatoms. The molecule has 1 unspecified atom stereocenters. The number of carbonyl (C=O) groups is 3. The van der Waals surface area contributed by atoms with Crippen LogP contribution < -0.4 is 20.9 Å². The molecule has 1 aromatic heterocycles. The molecule has 0 fully saturated rings. The normalized spacial score (nSPS) is 15.3. The van der Waals surface area contributed by atoms with Crippen LogP contribution in [0.3, 0.4) is 0 Å². The van der Waals surface area contributed by atoms with Gasteiger partial charge in [-0.2, -0.15) is 0 Å². The fourth-order valence-electron chi connectivity index (χ4n) is 2.80. The van der Waals surface area contributed by atoms with Gasteiger partial charge in [-0.25, -0.2) is 9.78 Å². The quantitative estimate of drug-likeness (QED) is 0.734.